The van der Waals surface area contributed by atoms with Crippen LogP contribution in [0, 0.1) is 0 Å². The first-order valence-electron chi connectivity index (χ1n) is 5.58. The fourth-order valence-corrected chi connectivity index (χ4v) is 2.50. The zero-order valence-corrected chi connectivity index (χ0v) is 11.0. The summed E-state index contributed by atoms with van der Waals surface area (Å²) >= 11 is 0. The summed E-state index contributed by atoms with van der Waals surface area (Å²) in [5.74, 6) is -0.925. The van der Waals surface area contributed by atoms with Crippen molar-refractivity contribution in [2.24, 2.45) is 0 Å². The maximum Gasteiger partial charge on any atom is 0.383 e. The second kappa shape index (κ2) is 5.23. The van der Waals surface area contributed by atoms with E-state index in [1.54, 1.807) is 12.1 Å². The van der Waals surface area contributed by atoms with Crippen LogP contribution in [-0.4, -0.2) is 29.9 Å². The molecule has 0 aliphatic rings. The zero-order chi connectivity index (χ0) is 13.9. The molecule has 0 aliphatic heterocycles. The Morgan fingerprint density at radius 3 is 2.63 bits per heavy atom. The number of aromatic nitrogens is 2. The summed E-state index contributed by atoms with van der Waals surface area (Å²) in [5.41, 5.74) is -0.210. The number of hydrogen-bond donors (Lipinski definition) is 0. The molecule has 0 saturated carbocycles. The molecule has 0 amide bonds. The highest BCUT2D eigenvalue weighted by molar-refractivity contribution is 7.91. The molecule has 0 aromatic carbocycles. The van der Waals surface area contributed by atoms with Crippen molar-refractivity contribution in [2.75, 3.05) is 5.75 Å². The van der Waals surface area contributed by atoms with Crippen molar-refractivity contribution in [1.82, 2.24) is 9.71 Å². The van der Waals surface area contributed by atoms with Crippen molar-refractivity contribution in [2.45, 2.75) is 11.8 Å². The third-order valence-corrected chi connectivity index (χ3v) is 4.20. The number of carbonyl (C=O) groups excluding carboxylic acids is 1. The second-order valence-corrected chi connectivity index (χ2v) is 5.92. The predicted molar refractivity (Wildman–Crippen MR) is 67.3 cm³/mol. The SMILES string of the molecule is CCS(=O)(=O)c1cccnc1C(=O)On1cccc1. The lowest BCUT2D eigenvalue weighted by Crippen LogP contribution is -2.22. The quantitative estimate of drug-likeness (QED) is 0.833. The molecule has 0 radical (unpaired) electrons. The summed E-state index contributed by atoms with van der Waals surface area (Å²) in [6, 6.07) is 6.16. The topological polar surface area (TPSA) is 78.3 Å². The molecule has 2 heterocycles. The van der Waals surface area contributed by atoms with Gasteiger partial charge in [0.1, 0.15) is 4.90 Å². The van der Waals surface area contributed by atoms with Crippen molar-refractivity contribution >= 4 is 15.8 Å². The molecule has 7 heteroatoms. The number of nitrogens with zero attached hydrogens (tertiary/aromatic N) is 2. The number of hydrogen-bond acceptors (Lipinski definition) is 5. The van der Waals surface area contributed by atoms with E-state index in [4.69, 9.17) is 4.84 Å². The lowest BCUT2D eigenvalue weighted by Gasteiger charge is -2.08. The van der Waals surface area contributed by atoms with Gasteiger partial charge in [-0.2, -0.15) is 4.73 Å². The Kier molecular flexibility index (Phi) is 3.66. The van der Waals surface area contributed by atoms with E-state index in [1.165, 1.54) is 42.4 Å². The number of carbonyl (C=O) groups is 1. The van der Waals surface area contributed by atoms with Crippen LogP contribution in [0.25, 0.3) is 0 Å². The number of sulfone groups is 1. The Bertz CT molecular complexity index is 678. The lowest BCUT2D eigenvalue weighted by molar-refractivity contribution is 0.0451. The summed E-state index contributed by atoms with van der Waals surface area (Å²) in [4.78, 5) is 20.6. The Morgan fingerprint density at radius 1 is 1.32 bits per heavy atom. The number of pyridine rings is 1. The molecule has 0 atom stereocenters. The molecule has 0 bridgehead atoms. The standard InChI is InChI=1S/C12H12N2O4S/c1-2-19(16,17)10-6-5-7-13-11(10)12(15)18-14-8-3-4-9-14/h3-9H,2H2,1H3. The van der Waals surface area contributed by atoms with Gasteiger partial charge in [-0.05, 0) is 24.3 Å². The Hall–Kier alpha value is -2.15. The van der Waals surface area contributed by atoms with Crippen LogP contribution < -0.4 is 4.84 Å². The first-order valence-corrected chi connectivity index (χ1v) is 7.23. The third kappa shape index (κ3) is 2.82. The highest BCUT2D eigenvalue weighted by Gasteiger charge is 2.23. The van der Waals surface area contributed by atoms with Gasteiger partial charge in [0.05, 0.1) is 5.75 Å². The summed E-state index contributed by atoms with van der Waals surface area (Å²) in [6.45, 7) is 1.50. The minimum atomic E-state index is -3.53. The molecule has 0 unspecified atom stereocenters. The molecule has 0 spiro atoms. The molecule has 0 N–H and O–H groups in total. The Balaban J connectivity index is 2.38. The van der Waals surface area contributed by atoms with Crippen LogP contribution in [0.2, 0.25) is 0 Å². The maximum atomic E-state index is 11.9. The fraction of sp³-hybridized carbons (Fsp3) is 0.167. The van der Waals surface area contributed by atoms with E-state index in [-0.39, 0.29) is 16.3 Å². The van der Waals surface area contributed by atoms with Crippen LogP contribution in [0.15, 0.2) is 47.8 Å². The van der Waals surface area contributed by atoms with E-state index < -0.39 is 15.8 Å². The third-order valence-electron chi connectivity index (χ3n) is 2.44. The zero-order valence-electron chi connectivity index (χ0n) is 10.2. The first kappa shape index (κ1) is 13.3. The fourth-order valence-electron chi connectivity index (χ4n) is 1.47. The molecule has 0 fully saturated rings. The molecule has 100 valence electrons. The lowest BCUT2D eigenvalue weighted by atomic mass is 10.3. The molecule has 0 aliphatic carbocycles. The molecule has 2 aromatic heterocycles. The second-order valence-electron chi connectivity index (χ2n) is 3.68. The molecule has 2 aromatic rings. The molecular weight excluding hydrogens is 268 g/mol. The molecule has 19 heavy (non-hydrogen) atoms. The van der Waals surface area contributed by atoms with Crippen LogP contribution in [0.1, 0.15) is 17.4 Å². The average Bonchev–Trinajstić information content (AvgIpc) is 2.91. The van der Waals surface area contributed by atoms with E-state index >= 15 is 0 Å². The smallest absolute Gasteiger partial charge is 0.330 e. The van der Waals surface area contributed by atoms with Crippen molar-refractivity contribution in [1.29, 1.82) is 0 Å². The summed E-state index contributed by atoms with van der Waals surface area (Å²) in [5, 5.41) is 0. The van der Waals surface area contributed by atoms with Gasteiger partial charge in [0.15, 0.2) is 15.5 Å². The summed E-state index contributed by atoms with van der Waals surface area (Å²) in [7, 11) is -3.53. The van der Waals surface area contributed by atoms with Gasteiger partial charge < -0.3 is 4.84 Å². The molecule has 6 nitrogen and oxygen atoms in total. The van der Waals surface area contributed by atoms with E-state index in [0.29, 0.717) is 0 Å². The monoisotopic (exact) mass is 280 g/mol. The summed E-state index contributed by atoms with van der Waals surface area (Å²) < 4.78 is 24.9. The molecule has 2 rings (SSSR count). The van der Waals surface area contributed by atoms with Crippen molar-refractivity contribution in [3.8, 4) is 0 Å². The Morgan fingerprint density at radius 2 is 2.00 bits per heavy atom. The number of rotatable bonds is 4. The van der Waals surface area contributed by atoms with Crippen molar-refractivity contribution in [3.05, 3.63) is 48.5 Å². The van der Waals surface area contributed by atoms with Gasteiger partial charge in [-0.15, -0.1) is 0 Å². The minimum Gasteiger partial charge on any atom is -0.330 e. The van der Waals surface area contributed by atoms with E-state index in [0.717, 1.165) is 0 Å². The normalized spacial score (nSPS) is 11.2. The minimum absolute atomic E-state index is 0.109. The van der Waals surface area contributed by atoms with Crippen LogP contribution in [-0.2, 0) is 9.84 Å². The molecular formula is C12H12N2O4S. The van der Waals surface area contributed by atoms with Crippen molar-refractivity contribution in [3.63, 3.8) is 0 Å². The van der Waals surface area contributed by atoms with Crippen LogP contribution >= 0.6 is 0 Å². The molecule has 0 saturated heterocycles. The van der Waals surface area contributed by atoms with Gasteiger partial charge in [0.2, 0.25) is 0 Å². The van der Waals surface area contributed by atoms with Crippen LogP contribution in [0.4, 0.5) is 0 Å². The van der Waals surface area contributed by atoms with Crippen LogP contribution in [0.3, 0.4) is 0 Å². The van der Waals surface area contributed by atoms with E-state index in [9.17, 15) is 13.2 Å². The van der Waals surface area contributed by atoms with Gasteiger partial charge in [0, 0.05) is 18.6 Å². The van der Waals surface area contributed by atoms with E-state index in [1.807, 2.05) is 0 Å². The van der Waals surface area contributed by atoms with E-state index in [2.05, 4.69) is 4.98 Å². The summed E-state index contributed by atoms with van der Waals surface area (Å²) in [6.07, 6.45) is 4.39. The average molecular weight is 280 g/mol. The maximum absolute atomic E-state index is 11.9. The van der Waals surface area contributed by atoms with Crippen LogP contribution in [0.5, 0.6) is 0 Å². The first-order chi connectivity index (χ1) is 9.04. The highest BCUT2D eigenvalue weighted by Crippen LogP contribution is 2.15. The Labute approximate surface area is 110 Å². The predicted octanol–water partition coefficient (Wildman–Crippen LogP) is 0.946. The van der Waals surface area contributed by atoms with Gasteiger partial charge in [-0.25, -0.2) is 18.2 Å². The highest BCUT2D eigenvalue weighted by atomic mass is 32.2. The van der Waals surface area contributed by atoms with Gasteiger partial charge in [-0.1, -0.05) is 6.92 Å². The van der Waals surface area contributed by atoms with Gasteiger partial charge in [0.25, 0.3) is 0 Å². The largest absolute Gasteiger partial charge is 0.383 e. The van der Waals surface area contributed by atoms with Gasteiger partial charge >= 0.3 is 5.97 Å². The van der Waals surface area contributed by atoms with Crippen molar-refractivity contribution < 1.29 is 18.0 Å². The van der Waals surface area contributed by atoms with Gasteiger partial charge in [-0.3, -0.25) is 0 Å².